The van der Waals surface area contributed by atoms with Gasteiger partial charge in [-0.1, -0.05) is 6.92 Å². The van der Waals surface area contributed by atoms with Gasteiger partial charge in [-0.25, -0.2) is 4.21 Å². The van der Waals surface area contributed by atoms with Crippen LogP contribution in [0.1, 0.15) is 20.3 Å². The van der Waals surface area contributed by atoms with Gasteiger partial charge < -0.3 is 4.55 Å². The van der Waals surface area contributed by atoms with Crippen LogP contribution in [-0.2, 0) is 11.1 Å². The second-order valence-electron chi connectivity index (χ2n) is 1.50. The van der Waals surface area contributed by atoms with Crippen LogP contribution in [0.15, 0.2) is 0 Å². The van der Waals surface area contributed by atoms with Crippen molar-refractivity contribution in [2.24, 2.45) is 0 Å². The fourth-order valence-electron chi connectivity index (χ4n) is 0.143. The van der Waals surface area contributed by atoms with Crippen LogP contribution in [0.2, 0.25) is 0 Å². The van der Waals surface area contributed by atoms with Gasteiger partial charge in [0.25, 0.3) is 0 Å². The van der Waals surface area contributed by atoms with E-state index in [4.69, 9.17) is 4.55 Å². The Bertz CT molecular complexity index is 72.1. The first-order valence-corrected chi connectivity index (χ1v) is 3.45. The van der Waals surface area contributed by atoms with E-state index >= 15 is 0 Å². The van der Waals surface area contributed by atoms with Crippen LogP contribution in [0.5, 0.6) is 0 Å². The molecule has 0 radical (unpaired) electrons. The van der Waals surface area contributed by atoms with Crippen molar-refractivity contribution in [3.8, 4) is 0 Å². The molecule has 3 heteroatoms. The van der Waals surface area contributed by atoms with Crippen LogP contribution >= 0.6 is 0 Å². The summed E-state index contributed by atoms with van der Waals surface area (Å²) in [4.78, 5) is 0. The SMILES string of the molecule is CCC(C)S(=O)O. The fraction of sp³-hybridized carbons (Fsp3) is 1.00. The number of hydrogen-bond acceptors (Lipinski definition) is 1. The van der Waals surface area contributed by atoms with Gasteiger partial charge in [0.2, 0.25) is 0 Å². The third kappa shape index (κ3) is 2.76. The molecule has 0 fully saturated rings. The largest absolute Gasteiger partial charge is 0.306 e. The van der Waals surface area contributed by atoms with Crippen molar-refractivity contribution in [2.45, 2.75) is 25.5 Å². The van der Waals surface area contributed by atoms with Gasteiger partial charge >= 0.3 is 0 Å². The summed E-state index contributed by atoms with van der Waals surface area (Å²) in [5.74, 6) is 0. The van der Waals surface area contributed by atoms with Crippen LogP contribution in [0.25, 0.3) is 0 Å². The highest BCUT2D eigenvalue weighted by molar-refractivity contribution is 7.79. The summed E-state index contributed by atoms with van der Waals surface area (Å²) in [6.07, 6.45) is 0.767. The van der Waals surface area contributed by atoms with E-state index in [1.165, 1.54) is 0 Å². The van der Waals surface area contributed by atoms with Crippen LogP contribution in [0.3, 0.4) is 0 Å². The Morgan fingerprint density at radius 3 is 2.29 bits per heavy atom. The quantitative estimate of drug-likeness (QED) is 0.555. The molecular formula is C4H10O2S. The predicted molar refractivity (Wildman–Crippen MR) is 30.5 cm³/mol. The zero-order valence-electron chi connectivity index (χ0n) is 4.55. The number of rotatable bonds is 2. The Morgan fingerprint density at radius 1 is 1.86 bits per heavy atom. The van der Waals surface area contributed by atoms with Gasteiger partial charge in [-0.3, -0.25) is 0 Å². The molecule has 2 unspecified atom stereocenters. The Morgan fingerprint density at radius 2 is 2.29 bits per heavy atom. The van der Waals surface area contributed by atoms with Gasteiger partial charge in [0.05, 0.1) is 5.25 Å². The van der Waals surface area contributed by atoms with Crippen LogP contribution in [0, 0.1) is 0 Å². The molecule has 0 rings (SSSR count). The van der Waals surface area contributed by atoms with E-state index in [-0.39, 0.29) is 5.25 Å². The van der Waals surface area contributed by atoms with E-state index in [0.29, 0.717) is 0 Å². The van der Waals surface area contributed by atoms with E-state index < -0.39 is 11.1 Å². The maximum atomic E-state index is 10.0. The zero-order valence-corrected chi connectivity index (χ0v) is 5.36. The molecule has 0 aromatic heterocycles. The van der Waals surface area contributed by atoms with Crippen molar-refractivity contribution >= 4 is 11.1 Å². The highest BCUT2D eigenvalue weighted by Crippen LogP contribution is 1.94. The lowest BCUT2D eigenvalue weighted by atomic mass is 10.4. The van der Waals surface area contributed by atoms with E-state index in [2.05, 4.69) is 0 Å². The summed E-state index contributed by atoms with van der Waals surface area (Å²) in [5.41, 5.74) is 0. The van der Waals surface area contributed by atoms with E-state index in [1.807, 2.05) is 6.92 Å². The molecule has 0 amide bonds. The lowest BCUT2D eigenvalue weighted by Crippen LogP contribution is -2.06. The lowest BCUT2D eigenvalue weighted by molar-refractivity contribution is 0.549. The molecule has 7 heavy (non-hydrogen) atoms. The molecule has 0 aliphatic carbocycles. The Hall–Kier alpha value is 0.110. The van der Waals surface area contributed by atoms with Gasteiger partial charge in [0, 0.05) is 0 Å². The van der Waals surface area contributed by atoms with E-state index in [9.17, 15) is 4.21 Å². The molecule has 0 saturated heterocycles. The highest BCUT2D eigenvalue weighted by Gasteiger charge is 2.01. The van der Waals surface area contributed by atoms with Gasteiger partial charge in [-0.05, 0) is 13.3 Å². The molecule has 44 valence electrons. The molecule has 0 aromatic rings. The average molecular weight is 122 g/mol. The lowest BCUT2D eigenvalue weighted by Gasteiger charge is -1.97. The standard InChI is InChI=1S/C4H10O2S/c1-3-4(2)7(5)6/h4H,3H2,1-2H3,(H,5,6). The smallest absolute Gasteiger partial charge is 0.155 e. The first kappa shape index (κ1) is 7.11. The van der Waals surface area contributed by atoms with Gasteiger partial charge in [-0.2, -0.15) is 0 Å². The third-order valence-electron chi connectivity index (χ3n) is 0.919. The van der Waals surface area contributed by atoms with Gasteiger partial charge in [0.1, 0.15) is 0 Å². The molecule has 0 spiro atoms. The fourth-order valence-corrected chi connectivity index (χ4v) is 0.428. The summed E-state index contributed by atoms with van der Waals surface area (Å²) < 4.78 is 18.3. The molecule has 0 aliphatic rings. The Kier molecular flexibility index (Phi) is 3.21. The first-order chi connectivity index (χ1) is 3.18. The first-order valence-electron chi connectivity index (χ1n) is 2.28. The monoisotopic (exact) mass is 122 g/mol. The van der Waals surface area contributed by atoms with Crippen molar-refractivity contribution in [2.75, 3.05) is 0 Å². The van der Waals surface area contributed by atoms with Gasteiger partial charge in [-0.15, -0.1) is 0 Å². The summed E-state index contributed by atoms with van der Waals surface area (Å²) in [5, 5.41) is -0.0694. The van der Waals surface area contributed by atoms with Crippen LogP contribution in [-0.4, -0.2) is 14.0 Å². The van der Waals surface area contributed by atoms with Crippen molar-refractivity contribution in [3.63, 3.8) is 0 Å². The van der Waals surface area contributed by atoms with Gasteiger partial charge in [0.15, 0.2) is 11.1 Å². The van der Waals surface area contributed by atoms with Crippen LogP contribution < -0.4 is 0 Å². The maximum Gasteiger partial charge on any atom is 0.155 e. The highest BCUT2D eigenvalue weighted by atomic mass is 32.2. The minimum atomic E-state index is -1.61. The zero-order chi connectivity index (χ0) is 5.86. The molecule has 0 saturated carbocycles. The average Bonchev–Trinajstić information content (AvgIpc) is 1.65. The van der Waals surface area contributed by atoms with Crippen LogP contribution in [0.4, 0.5) is 0 Å². The number of hydrogen-bond donors (Lipinski definition) is 1. The maximum absolute atomic E-state index is 10.0. The topological polar surface area (TPSA) is 37.3 Å². The molecule has 1 N–H and O–H groups in total. The predicted octanol–water partition coefficient (Wildman–Crippen LogP) is 1.01. The van der Waals surface area contributed by atoms with Crippen molar-refractivity contribution in [1.82, 2.24) is 0 Å². The van der Waals surface area contributed by atoms with Crippen molar-refractivity contribution < 1.29 is 8.76 Å². The molecule has 0 aliphatic heterocycles. The second kappa shape index (κ2) is 3.16. The normalized spacial score (nSPS) is 18.7. The molecule has 0 aromatic carbocycles. The molecule has 0 bridgehead atoms. The minimum Gasteiger partial charge on any atom is -0.306 e. The summed E-state index contributed by atoms with van der Waals surface area (Å²) >= 11 is -1.61. The third-order valence-corrected chi connectivity index (χ3v) is 1.94. The Labute approximate surface area is 46.2 Å². The molecule has 2 atom stereocenters. The molecule has 2 nitrogen and oxygen atoms in total. The molecular weight excluding hydrogens is 112 g/mol. The van der Waals surface area contributed by atoms with Crippen molar-refractivity contribution in [1.29, 1.82) is 0 Å². The van der Waals surface area contributed by atoms with Crippen molar-refractivity contribution in [3.05, 3.63) is 0 Å². The van der Waals surface area contributed by atoms with E-state index in [1.54, 1.807) is 6.92 Å². The minimum absolute atomic E-state index is 0.0694. The van der Waals surface area contributed by atoms with E-state index in [0.717, 1.165) is 6.42 Å². The summed E-state index contributed by atoms with van der Waals surface area (Å²) in [6, 6.07) is 0. The second-order valence-corrected chi connectivity index (χ2v) is 2.85. The summed E-state index contributed by atoms with van der Waals surface area (Å²) in [6.45, 7) is 3.63. The molecule has 0 heterocycles. The Balaban J connectivity index is 3.34. The summed E-state index contributed by atoms with van der Waals surface area (Å²) in [7, 11) is 0.